The SMILES string of the molecule is Cc1cc(F)ncc1-c1ccccc1C[C@H](NC(=O)c1cc(F)cn(Cc2ccc(F)cc2)c1=O)C(=O)NCCNc1cccc2c1C(=O)N(C1CCC(=O)NC1=O)C2=O. The first kappa shape index (κ1) is 40.8. The minimum atomic E-state index is -1.36. The maximum atomic E-state index is 14.9. The van der Waals surface area contributed by atoms with Crippen LogP contribution in [0.15, 0.2) is 96.1 Å². The fourth-order valence-corrected chi connectivity index (χ4v) is 7.26. The number of carbonyl (C=O) groups excluding carboxylic acids is 6. The Hall–Kier alpha value is -7.43. The summed E-state index contributed by atoms with van der Waals surface area (Å²) in [6, 6.07) is 16.1. The van der Waals surface area contributed by atoms with E-state index in [4.69, 9.17) is 0 Å². The number of nitrogens with zero attached hydrogens (tertiary/aromatic N) is 3. The molecule has 2 aliphatic rings. The third-order valence-corrected chi connectivity index (χ3v) is 10.2. The van der Waals surface area contributed by atoms with Gasteiger partial charge in [0.2, 0.25) is 23.7 Å². The van der Waals surface area contributed by atoms with Crippen LogP contribution < -0.4 is 26.8 Å². The Bertz CT molecular complexity index is 2630. The first-order valence-corrected chi connectivity index (χ1v) is 18.8. The molecule has 4 heterocycles. The summed E-state index contributed by atoms with van der Waals surface area (Å²) in [5.41, 5.74) is 1.59. The summed E-state index contributed by atoms with van der Waals surface area (Å²) in [6.45, 7) is 1.44. The summed E-state index contributed by atoms with van der Waals surface area (Å²) in [7, 11) is 0. The van der Waals surface area contributed by atoms with Crippen molar-refractivity contribution in [1.29, 1.82) is 0 Å². The molecule has 2 aliphatic heterocycles. The number of aromatic nitrogens is 2. The lowest BCUT2D eigenvalue weighted by molar-refractivity contribution is -0.136. The van der Waals surface area contributed by atoms with E-state index in [-0.39, 0.29) is 55.7 Å². The number of hydrogen-bond acceptors (Lipinski definition) is 9. The highest BCUT2D eigenvalue weighted by molar-refractivity contribution is 6.25. The van der Waals surface area contributed by atoms with Gasteiger partial charge in [-0.3, -0.25) is 43.8 Å². The molecule has 5 aromatic rings. The maximum Gasteiger partial charge on any atom is 0.264 e. The molecule has 0 spiro atoms. The zero-order valence-corrected chi connectivity index (χ0v) is 31.9. The number of anilines is 1. The van der Waals surface area contributed by atoms with Gasteiger partial charge in [-0.05, 0) is 72.0 Å². The van der Waals surface area contributed by atoms with Gasteiger partial charge in [0, 0.05) is 49.6 Å². The summed E-state index contributed by atoms with van der Waals surface area (Å²) in [5, 5.41) is 10.5. The van der Waals surface area contributed by atoms with Crippen molar-refractivity contribution < 1.29 is 41.9 Å². The fraction of sp³-hybridized carbons (Fsp3) is 0.209. The maximum absolute atomic E-state index is 14.9. The summed E-state index contributed by atoms with van der Waals surface area (Å²) < 4.78 is 43.3. The van der Waals surface area contributed by atoms with Crippen molar-refractivity contribution in [1.82, 2.24) is 30.4 Å². The van der Waals surface area contributed by atoms with Crippen LogP contribution in [-0.4, -0.2) is 75.1 Å². The van der Waals surface area contributed by atoms with Gasteiger partial charge < -0.3 is 20.5 Å². The van der Waals surface area contributed by atoms with Crippen LogP contribution in [0.5, 0.6) is 0 Å². The second-order valence-corrected chi connectivity index (χ2v) is 14.2. The first-order valence-electron chi connectivity index (χ1n) is 18.8. The Labute approximate surface area is 339 Å². The summed E-state index contributed by atoms with van der Waals surface area (Å²) in [6.07, 6.45) is 2.06. The fourth-order valence-electron chi connectivity index (χ4n) is 7.26. The third-order valence-electron chi connectivity index (χ3n) is 10.2. The number of piperidine rings is 1. The van der Waals surface area contributed by atoms with Gasteiger partial charge in [0.25, 0.3) is 23.3 Å². The number of rotatable bonds is 13. The molecule has 0 saturated carbocycles. The summed E-state index contributed by atoms with van der Waals surface area (Å²) in [4.78, 5) is 96.8. The molecule has 4 N–H and O–H groups in total. The molecule has 2 atom stereocenters. The molecular formula is C43H36F3N7O7. The topological polar surface area (TPSA) is 189 Å². The predicted octanol–water partition coefficient (Wildman–Crippen LogP) is 3.65. The molecule has 14 nitrogen and oxygen atoms in total. The molecule has 306 valence electrons. The average molecular weight is 820 g/mol. The molecule has 3 aromatic carbocycles. The highest BCUT2D eigenvalue weighted by Gasteiger charge is 2.45. The molecule has 6 amide bonds. The Morgan fingerprint density at radius 1 is 0.867 bits per heavy atom. The number of aryl methyl sites for hydroxylation is 1. The number of hydrogen-bond donors (Lipinski definition) is 4. The standard InChI is InChI=1S/C43H36F3N7O7/c1-23-17-35(46)49-20-31(23)28-6-3-2-5-25(28)18-33(50-38(55)30-19-27(45)22-52(41(30)58)21-24-9-11-26(44)12-10-24)39(56)48-16-15-47-32-8-4-7-29-37(32)43(60)53(42(29)59)34-13-14-36(54)51-40(34)57/h2-12,17,19-20,22,33-34,47H,13-16,18,21H2,1H3,(H,48,56)(H,50,55)(H,51,54,57)/t33-,34?/m0/s1. The van der Waals surface area contributed by atoms with Crippen molar-refractivity contribution in [3.8, 4) is 11.1 Å². The molecule has 0 aliphatic carbocycles. The van der Waals surface area contributed by atoms with Gasteiger partial charge in [-0.1, -0.05) is 42.5 Å². The zero-order chi connectivity index (χ0) is 42.7. The van der Waals surface area contributed by atoms with Crippen LogP contribution >= 0.6 is 0 Å². The highest BCUT2D eigenvalue weighted by Crippen LogP contribution is 2.32. The summed E-state index contributed by atoms with van der Waals surface area (Å²) >= 11 is 0. The van der Waals surface area contributed by atoms with Crippen LogP contribution in [0.1, 0.15) is 60.6 Å². The van der Waals surface area contributed by atoms with E-state index in [1.807, 2.05) is 0 Å². The lowest BCUT2D eigenvalue weighted by Gasteiger charge is -2.27. The van der Waals surface area contributed by atoms with Crippen molar-refractivity contribution in [2.75, 3.05) is 18.4 Å². The second kappa shape index (κ2) is 17.2. The van der Waals surface area contributed by atoms with Gasteiger partial charge in [-0.15, -0.1) is 0 Å². The van der Waals surface area contributed by atoms with Crippen molar-refractivity contribution in [3.63, 3.8) is 0 Å². The van der Waals surface area contributed by atoms with Crippen molar-refractivity contribution in [2.24, 2.45) is 0 Å². The number of carbonyl (C=O) groups is 6. The van der Waals surface area contributed by atoms with Crippen molar-refractivity contribution in [3.05, 3.63) is 153 Å². The van der Waals surface area contributed by atoms with E-state index < -0.39 is 76.2 Å². The molecule has 1 unspecified atom stereocenters. The van der Waals surface area contributed by atoms with Crippen molar-refractivity contribution >= 4 is 41.1 Å². The van der Waals surface area contributed by atoms with Crippen molar-refractivity contribution in [2.45, 2.75) is 44.8 Å². The van der Waals surface area contributed by atoms with Crippen LogP contribution in [0.25, 0.3) is 11.1 Å². The van der Waals surface area contributed by atoms with Crippen LogP contribution in [0.3, 0.4) is 0 Å². The number of imide groups is 2. The number of pyridine rings is 2. The van der Waals surface area contributed by atoms with Gasteiger partial charge in [-0.2, -0.15) is 4.39 Å². The van der Waals surface area contributed by atoms with Crippen LogP contribution in [0.4, 0.5) is 18.9 Å². The minimum absolute atomic E-state index is 0.0117. The molecule has 1 fully saturated rings. The smallest absolute Gasteiger partial charge is 0.264 e. The van der Waals surface area contributed by atoms with E-state index in [1.165, 1.54) is 42.6 Å². The third kappa shape index (κ3) is 8.55. The lowest BCUT2D eigenvalue weighted by Crippen LogP contribution is -2.54. The number of amides is 6. The normalized spacial score (nSPS) is 15.3. The van der Waals surface area contributed by atoms with Gasteiger partial charge in [0.05, 0.1) is 17.7 Å². The average Bonchev–Trinajstić information content (AvgIpc) is 3.47. The van der Waals surface area contributed by atoms with Crippen LogP contribution in [0, 0.1) is 24.5 Å². The van der Waals surface area contributed by atoms with Gasteiger partial charge in [0.1, 0.15) is 29.3 Å². The van der Waals surface area contributed by atoms with E-state index in [0.29, 0.717) is 27.8 Å². The Morgan fingerprint density at radius 3 is 2.37 bits per heavy atom. The zero-order valence-electron chi connectivity index (χ0n) is 31.9. The molecule has 0 bridgehead atoms. The molecule has 7 rings (SSSR count). The molecule has 0 radical (unpaired) electrons. The van der Waals surface area contributed by atoms with E-state index >= 15 is 0 Å². The number of halogens is 3. The first-order chi connectivity index (χ1) is 28.8. The minimum Gasteiger partial charge on any atom is -0.383 e. The number of fused-ring (bicyclic) bond motifs is 1. The van der Waals surface area contributed by atoms with E-state index in [1.54, 1.807) is 43.3 Å². The lowest BCUT2D eigenvalue weighted by atomic mass is 9.93. The van der Waals surface area contributed by atoms with E-state index in [0.717, 1.165) is 21.7 Å². The Balaban J connectivity index is 1.10. The summed E-state index contributed by atoms with van der Waals surface area (Å²) in [5.74, 6) is -6.52. The Morgan fingerprint density at radius 2 is 1.62 bits per heavy atom. The van der Waals surface area contributed by atoms with Crippen LogP contribution in [0.2, 0.25) is 0 Å². The van der Waals surface area contributed by atoms with E-state index in [2.05, 4.69) is 26.3 Å². The molecule has 1 saturated heterocycles. The monoisotopic (exact) mass is 819 g/mol. The van der Waals surface area contributed by atoms with Crippen LogP contribution in [-0.2, 0) is 27.3 Å². The molecular weight excluding hydrogens is 784 g/mol. The number of nitrogens with one attached hydrogen (secondary N) is 4. The van der Waals surface area contributed by atoms with Gasteiger partial charge in [0.15, 0.2) is 0 Å². The Kier molecular flexibility index (Phi) is 11.7. The molecule has 2 aromatic heterocycles. The molecule has 17 heteroatoms. The number of benzene rings is 3. The second-order valence-electron chi connectivity index (χ2n) is 14.2. The van der Waals surface area contributed by atoms with E-state index in [9.17, 15) is 46.7 Å². The predicted molar refractivity (Wildman–Crippen MR) is 210 cm³/mol. The highest BCUT2D eigenvalue weighted by atomic mass is 19.1. The van der Waals surface area contributed by atoms with Gasteiger partial charge >= 0.3 is 0 Å². The van der Waals surface area contributed by atoms with Gasteiger partial charge in [-0.25, -0.2) is 13.8 Å². The largest absolute Gasteiger partial charge is 0.383 e. The quantitative estimate of drug-likeness (QED) is 0.0782. The molecule has 60 heavy (non-hydrogen) atoms.